The monoisotopic (exact) mass is 279 g/mol. The van der Waals surface area contributed by atoms with Gasteiger partial charge in [0.25, 0.3) is 5.91 Å². The van der Waals surface area contributed by atoms with E-state index in [0.29, 0.717) is 18.1 Å². The number of amides is 1. The number of carbonyl (C=O) groups is 1. The van der Waals surface area contributed by atoms with E-state index in [1.807, 2.05) is 18.4 Å². The summed E-state index contributed by atoms with van der Waals surface area (Å²) >= 11 is 1.69. The highest BCUT2D eigenvalue weighted by Crippen LogP contribution is 2.12. The van der Waals surface area contributed by atoms with Gasteiger partial charge in [-0.3, -0.25) is 4.79 Å². The number of hydrogen-bond donors (Lipinski definition) is 1. The Morgan fingerprint density at radius 3 is 3.00 bits per heavy atom. The zero-order chi connectivity index (χ0) is 13.7. The fourth-order valence-corrected chi connectivity index (χ4v) is 2.63. The number of furan rings is 1. The van der Waals surface area contributed by atoms with E-state index >= 15 is 0 Å². The van der Waals surface area contributed by atoms with E-state index in [1.54, 1.807) is 30.6 Å². The molecule has 0 bridgehead atoms. The summed E-state index contributed by atoms with van der Waals surface area (Å²) in [5, 5.41) is 4.96. The highest BCUT2D eigenvalue weighted by molar-refractivity contribution is 7.09. The molecule has 0 spiro atoms. The summed E-state index contributed by atoms with van der Waals surface area (Å²) in [6.07, 6.45) is 0.828. The molecule has 2 rings (SSSR count). The highest BCUT2D eigenvalue weighted by atomic mass is 32.1. The summed E-state index contributed by atoms with van der Waals surface area (Å²) < 4.78 is 10.3. The van der Waals surface area contributed by atoms with Crippen molar-refractivity contribution in [2.45, 2.75) is 26.0 Å². The summed E-state index contributed by atoms with van der Waals surface area (Å²) in [4.78, 5) is 13.2. The average Bonchev–Trinajstić information content (AvgIpc) is 3.00. The second kappa shape index (κ2) is 6.54. The van der Waals surface area contributed by atoms with Crippen LogP contribution < -0.4 is 5.32 Å². The molecule has 0 aliphatic heterocycles. The second-order valence-corrected chi connectivity index (χ2v) is 5.39. The third-order valence-electron chi connectivity index (χ3n) is 2.64. The Bertz CT molecular complexity index is 519. The molecule has 2 heterocycles. The third-order valence-corrected chi connectivity index (χ3v) is 3.54. The lowest BCUT2D eigenvalue weighted by atomic mass is 10.2. The van der Waals surface area contributed by atoms with Gasteiger partial charge in [-0.15, -0.1) is 11.3 Å². The van der Waals surface area contributed by atoms with Gasteiger partial charge < -0.3 is 14.5 Å². The molecule has 0 aliphatic rings. The van der Waals surface area contributed by atoms with Crippen LogP contribution in [0.3, 0.4) is 0 Å². The van der Waals surface area contributed by atoms with Gasteiger partial charge in [-0.25, -0.2) is 0 Å². The molecule has 2 aromatic rings. The van der Waals surface area contributed by atoms with Crippen LogP contribution in [0.1, 0.15) is 28.1 Å². The SMILES string of the molecule is COCc1ccc(C(=O)NC(C)Cc2cccs2)o1. The summed E-state index contributed by atoms with van der Waals surface area (Å²) in [7, 11) is 1.59. The molecule has 2 aromatic heterocycles. The first-order chi connectivity index (χ1) is 9.19. The number of methoxy groups -OCH3 is 1. The van der Waals surface area contributed by atoms with Gasteiger partial charge in [0.15, 0.2) is 5.76 Å². The smallest absolute Gasteiger partial charge is 0.287 e. The van der Waals surface area contributed by atoms with E-state index in [4.69, 9.17) is 9.15 Å². The lowest BCUT2D eigenvalue weighted by Crippen LogP contribution is -2.33. The van der Waals surface area contributed by atoms with E-state index in [2.05, 4.69) is 11.4 Å². The van der Waals surface area contributed by atoms with E-state index in [9.17, 15) is 4.79 Å². The number of ether oxygens (including phenoxy) is 1. The molecule has 5 heteroatoms. The van der Waals surface area contributed by atoms with Crippen LogP contribution in [0.2, 0.25) is 0 Å². The predicted octanol–water partition coefficient (Wildman–Crippen LogP) is 2.85. The molecule has 1 N–H and O–H groups in total. The Hall–Kier alpha value is -1.59. The number of carbonyl (C=O) groups excluding carboxylic acids is 1. The van der Waals surface area contributed by atoms with Crippen LogP contribution in [0.25, 0.3) is 0 Å². The van der Waals surface area contributed by atoms with Gasteiger partial charge in [-0.1, -0.05) is 6.07 Å². The maximum absolute atomic E-state index is 12.0. The fraction of sp³-hybridized carbons (Fsp3) is 0.357. The van der Waals surface area contributed by atoms with Crippen LogP contribution in [0, 0.1) is 0 Å². The normalized spacial score (nSPS) is 12.3. The maximum Gasteiger partial charge on any atom is 0.287 e. The predicted molar refractivity (Wildman–Crippen MR) is 74.4 cm³/mol. The van der Waals surface area contributed by atoms with Gasteiger partial charge in [0.1, 0.15) is 12.4 Å². The van der Waals surface area contributed by atoms with E-state index in [0.717, 1.165) is 6.42 Å². The molecule has 0 fully saturated rings. The Labute approximate surface area is 116 Å². The zero-order valence-electron chi connectivity index (χ0n) is 11.0. The number of thiophene rings is 1. The van der Waals surface area contributed by atoms with Crippen molar-refractivity contribution < 1.29 is 13.9 Å². The molecule has 0 saturated carbocycles. The molecule has 0 aliphatic carbocycles. The molecule has 1 atom stereocenters. The Kier molecular flexibility index (Phi) is 4.76. The second-order valence-electron chi connectivity index (χ2n) is 4.36. The topological polar surface area (TPSA) is 51.5 Å². The minimum Gasteiger partial charge on any atom is -0.453 e. The Morgan fingerprint density at radius 1 is 1.47 bits per heavy atom. The van der Waals surface area contributed by atoms with Crippen molar-refractivity contribution in [3.05, 3.63) is 46.0 Å². The molecule has 102 valence electrons. The first-order valence-corrected chi connectivity index (χ1v) is 6.98. The van der Waals surface area contributed by atoms with Crippen molar-refractivity contribution in [1.29, 1.82) is 0 Å². The number of rotatable bonds is 6. The molecule has 0 saturated heterocycles. The summed E-state index contributed by atoms with van der Waals surface area (Å²) in [6, 6.07) is 7.57. The van der Waals surface area contributed by atoms with E-state index in [1.165, 1.54) is 4.88 Å². The fourth-order valence-electron chi connectivity index (χ4n) is 1.80. The molecule has 0 aromatic carbocycles. The van der Waals surface area contributed by atoms with Crippen molar-refractivity contribution >= 4 is 17.2 Å². The zero-order valence-corrected chi connectivity index (χ0v) is 11.8. The minimum absolute atomic E-state index is 0.0714. The number of nitrogens with one attached hydrogen (secondary N) is 1. The minimum atomic E-state index is -0.189. The van der Waals surface area contributed by atoms with Crippen LogP contribution >= 0.6 is 11.3 Å². The Balaban J connectivity index is 1.88. The van der Waals surface area contributed by atoms with Crippen LogP contribution in [0.4, 0.5) is 0 Å². The first kappa shape index (κ1) is 13.8. The Morgan fingerprint density at radius 2 is 2.32 bits per heavy atom. The van der Waals surface area contributed by atoms with E-state index in [-0.39, 0.29) is 11.9 Å². The van der Waals surface area contributed by atoms with Gasteiger partial charge in [0.05, 0.1) is 0 Å². The van der Waals surface area contributed by atoms with Gasteiger partial charge in [-0.05, 0) is 30.5 Å². The standard InChI is InChI=1S/C14H17NO3S/c1-10(8-12-4-3-7-19-12)15-14(16)13-6-5-11(18-13)9-17-2/h3-7,10H,8-9H2,1-2H3,(H,15,16). The largest absolute Gasteiger partial charge is 0.453 e. The maximum atomic E-state index is 12.0. The van der Waals surface area contributed by atoms with Crippen molar-refractivity contribution in [2.75, 3.05) is 7.11 Å². The molecule has 0 radical (unpaired) electrons. The lowest BCUT2D eigenvalue weighted by molar-refractivity contribution is 0.0903. The molecule has 19 heavy (non-hydrogen) atoms. The number of hydrogen-bond acceptors (Lipinski definition) is 4. The first-order valence-electron chi connectivity index (χ1n) is 6.10. The summed E-state index contributed by atoms with van der Waals surface area (Å²) in [5.74, 6) is 0.787. The highest BCUT2D eigenvalue weighted by Gasteiger charge is 2.14. The van der Waals surface area contributed by atoms with Gasteiger partial charge in [0, 0.05) is 24.4 Å². The van der Waals surface area contributed by atoms with Crippen molar-refractivity contribution in [3.8, 4) is 0 Å². The molecule has 1 amide bonds. The average molecular weight is 279 g/mol. The van der Waals surface area contributed by atoms with Crippen LogP contribution in [-0.4, -0.2) is 19.1 Å². The third kappa shape index (κ3) is 3.94. The summed E-state index contributed by atoms with van der Waals surface area (Å²) in [5.41, 5.74) is 0. The molecular weight excluding hydrogens is 262 g/mol. The molecule has 1 unspecified atom stereocenters. The van der Waals surface area contributed by atoms with Gasteiger partial charge in [-0.2, -0.15) is 0 Å². The molecule has 4 nitrogen and oxygen atoms in total. The van der Waals surface area contributed by atoms with Crippen LogP contribution in [0.15, 0.2) is 34.1 Å². The van der Waals surface area contributed by atoms with E-state index < -0.39 is 0 Å². The van der Waals surface area contributed by atoms with Crippen molar-refractivity contribution in [2.24, 2.45) is 0 Å². The summed E-state index contributed by atoms with van der Waals surface area (Å²) in [6.45, 7) is 2.36. The lowest BCUT2D eigenvalue weighted by Gasteiger charge is -2.11. The van der Waals surface area contributed by atoms with Gasteiger partial charge in [0.2, 0.25) is 0 Å². The van der Waals surface area contributed by atoms with Crippen LogP contribution in [-0.2, 0) is 17.8 Å². The quantitative estimate of drug-likeness (QED) is 0.884. The van der Waals surface area contributed by atoms with Gasteiger partial charge >= 0.3 is 0 Å². The van der Waals surface area contributed by atoms with Crippen molar-refractivity contribution in [3.63, 3.8) is 0 Å². The molecular formula is C14H17NO3S. The van der Waals surface area contributed by atoms with Crippen LogP contribution in [0.5, 0.6) is 0 Å². The van der Waals surface area contributed by atoms with Crippen molar-refractivity contribution in [1.82, 2.24) is 5.32 Å².